The molecular weight excluding hydrogens is 305 g/mol. The zero-order chi connectivity index (χ0) is 11.6. The molecule has 0 aliphatic rings. The number of anilines is 1. The standard InChI is InChI=1S/C10H16IN3O/c1-5-14(10(2,3)4)8-7(11)9(15)13-6-12-8/h6H,5H2,1-4H3,(H,12,13,15). The Morgan fingerprint density at radius 1 is 1.53 bits per heavy atom. The third-order valence-corrected chi connectivity index (χ3v) is 3.13. The lowest BCUT2D eigenvalue weighted by Crippen LogP contribution is -2.43. The molecule has 0 aliphatic carbocycles. The van der Waals surface area contributed by atoms with Crippen molar-refractivity contribution in [1.82, 2.24) is 9.97 Å². The number of aromatic nitrogens is 2. The zero-order valence-electron chi connectivity index (χ0n) is 9.47. The summed E-state index contributed by atoms with van der Waals surface area (Å²) in [6.07, 6.45) is 1.45. The van der Waals surface area contributed by atoms with Crippen molar-refractivity contribution in [3.63, 3.8) is 0 Å². The van der Waals surface area contributed by atoms with Crippen molar-refractivity contribution in [1.29, 1.82) is 0 Å². The minimum atomic E-state index is -0.0803. The highest BCUT2D eigenvalue weighted by Crippen LogP contribution is 2.23. The molecule has 0 atom stereocenters. The monoisotopic (exact) mass is 321 g/mol. The van der Waals surface area contributed by atoms with Gasteiger partial charge in [-0.3, -0.25) is 4.79 Å². The van der Waals surface area contributed by atoms with Crippen molar-refractivity contribution in [2.24, 2.45) is 0 Å². The average molecular weight is 321 g/mol. The van der Waals surface area contributed by atoms with Gasteiger partial charge in [-0.05, 0) is 50.3 Å². The molecule has 84 valence electrons. The second-order valence-electron chi connectivity index (χ2n) is 4.28. The smallest absolute Gasteiger partial charge is 0.266 e. The highest BCUT2D eigenvalue weighted by Gasteiger charge is 2.23. The lowest BCUT2D eigenvalue weighted by atomic mass is 10.1. The molecule has 0 amide bonds. The molecule has 0 aromatic carbocycles. The Hall–Kier alpha value is -0.590. The summed E-state index contributed by atoms with van der Waals surface area (Å²) in [7, 11) is 0. The summed E-state index contributed by atoms with van der Waals surface area (Å²) in [5.74, 6) is 0.759. The van der Waals surface area contributed by atoms with E-state index in [2.05, 4.69) is 42.6 Å². The van der Waals surface area contributed by atoms with Gasteiger partial charge in [0.2, 0.25) is 0 Å². The Balaban J connectivity index is 3.25. The fourth-order valence-electron chi connectivity index (χ4n) is 1.50. The van der Waals surface area contributed by atoms with Crippen LogP contribution in [0.1, 0.15) is 27.7 Å². The van der Waals surface area contributed by atoms with Crippen LogP contribution in [-0.4, -0.2) is 22.1 Å². The van der Waals surface area contributed by atoms with Crippen molar-refractivity contribution in [3.8, 4) is 0 Å². The SMILES string of the molecule is CCN(c1nc[nH]c(=O)c1I)C(C)(C)C. The first-order valence-corrected chi connectivity index (χ1v) is 5.96. The van der Waals surface area contributed by atoms with E-state index >= 15 is 0 Å². The Bertz CT molecular complexity index is 394. The third kappa shape index (κ3) is 2.70. The molecular formula is C10H16IN3O. The van der Waals surface area contributed by atoms with Gasteiger partial charge in [-0.25, -0.2) is 4.98 Å². The fraction of sp³-hybridized carbons (Fsp3) is 0.600. The highest BCUT2D eigenvalue weighted by atomic mass is 127. The van der Waals surface area contributed by atoms with Gasteiger partial charge < -0.3 is 9.88 Å². The van der Waals surface area contributed by atoms with Gasteiger partial charge in [0.05, 0.1) is 6.33 Å². The van der Waals surface area contributed by atoms with Crippen LogP contribution >= 0.6 is 22.6 Å². The zero-order valence-corrected chi connectivity index (χ0v) is 11.6. The van der Waals surface area contributed by atoms with Crippen LogP contribution in [0.3, 0.4) is 0 Å². The Labute approximate surface area is 103 Å². The number of nitrogens with zero attached hydrogens (tertiary/aromatic N) is 2. The minimum Gasteiger partial charge on any atom is -0.351 e. The lowest BCUT2D eigenvalue weighted by molar-refractivity contribution is 0.506. The van der Waals surface area contributed by atoms with Crippen molar-refractivity contribution in [3.05, 3.63) is 20.3 Å². The maximum atomic E-state index is 11.5. The Morgan fingerprint density at radius 2 is 2.13 bits per heavy atom. The maximum Gasteiger partial charge on any atom is 0.266 e. The number of nitrogens with one attached hydrogen (secondary N) is 1. The number of rotatable bonds is 2. The van der Waals surface area contributed by atoms with E-state index in [0.717, 1.165) is 12.4 Å². The van der Waals surface area contributed by atoms with Crippen LogP contribution in [0.15, 0.2) is 11.1 Å². The van der Waals surface area contributed by atoms with E-state index in [9.17, 15) is 4.79 Å². The Morgan fingerprint density at radius 3 is 2.60 bits per heavy atom. The molecule has 1 heterocycles. The molecule has 5 heteroatoms. The van der Waals surface area contributed by atoms with Gasteiger partial charge in [0.15, 0.2) is 0 Å². The van der Waals surface area contributed by atoms with E-state index in [1.807, 2.05) is 22.6 Å². The molecule has 0 spiro atoms. The van der Waals surface area contributed by atoms with Crippen LogP contribution in [0.25, 0.3) is 0 Å². The van der Waals surface area contributed by atoms with E-state index in [1.165, 1.54) is 6.33 Å². The maximum absolute atomic E-state index is 11.5. The number of halogens is 1. The molecule has 0 bridgehead atoms. The highest BCUT2D eigenvalue weighted by molar-refractivity contribution is 14.1. The largest absolute Gasteiger partial charge is 0.351 e. The first kappa shape index (κ1) is 12.5. The molecule has 0 saturated carbocycles. The topological polar surface area (TPSA) is 49.0 Å². The van der Waals surface area contributed by atoms with Crippen LogP contribution < -0.4 is 10.5 Å². The molecule has 1 aromatic heterocycles. The number of hydrogen-bond donors (Lipinski definition) is 1. The molecule has 1 N–H and O–H groups in total. The summed E-state index contributed by atoms with van der Waals surface area (Å²) in [4.78, 5) is 20.4. The molecule has 1 aromatic rings. The van der Waals surface area contributed by atoms with Gasteiger partial charge in [0, 0.05) is 12.1 Å². The quantitative estimate of drug-likeness (QED) is 0.848. The molecule has 1 rings (SSSR count). The average Bonchev–Trinajstić information content (AvgIpc) is 2.11. The second kappa shape index (κ2) is 4.51. The number of hydrogen-bond acceptors (Lipinski definition) is 3. The fourth-order valence-corrected chi connectivity index (χ4v) is 2.09. The van der Waals surface area contributed by atoms with Gasteiger partial charge in [0.25, 0.3) is 5.56 Å². The molecule has 0 saturated heterocycles. The Kier molecular flexibility index (Phi) is 3.75. The van der Waals surface area contributed by atoms with Gasteiger partial charge in [0.1, 0.15) is 9.39 Å². The van der Waals surface area contributed by atoms with E-state index < -0.39 is 0 Å². The molecule has 0 fully saturated rings. The lowest BCUT2D eigenvalue weighted by Gasteiger charge is -2.36. The first-order chi connectivity index (χ1) is 6.88. The van der Waals surface area contributed by atoms with Gasteiger partial charge in [-0.15, -0.1) is 0 Å². The predicted octanol–water partition coefficient (Wildman–Crippen LogP) is 2.00. The van der Waals surface area contributed by atoms with E-state index in [0.29, 0.717) is 3.57 Å². The van der Waals surface area contributed by atoms with E-state index in [1.54, 1.807) is 0 Å². The molecule has 4 nitrogen and oxygen atoms in total. The minimum absolute atomic E-state index is 0.0323. The van der Waals surface area contributed by atoms with Crippen molar-refractivity contribution >= 4 is 28.4 Å². The van der Waals surface area contributed by atoms with Gasteiger partial charge >= 0.3 is 0 Å². The first-order valence-electron chi connectivity index (χ1n) is 4.88. The summed E-state index contributed by atoms with van der Waals surface area (Å²) in [6, 6.07) is 0. The summed E-state index contributed by atoms with van der Waals surface area (Å²) < 4.78 is 0.645. The number of aromatic amines is 1. The van der Waals surface area contributed by atoms with Crippen molar-refractivity contribution in [2.45, 2.75) is 33.2 Å². The molecule has 15 heavy (non-hydrogen) atoms. The van der Waals surface area contributed by atoms with Gasteiger partial charge in [-0.2, -0.15) is 0 Å². The normalized spacial score (nSPS) is 11.5. The summed E-state index contributed by atoms with van der Waals surface area (Å²) >= 11 is 2.04. The van der Waals surface area contributed by atoms with Crippen LogP contribution in [-0.2, 0) is 0 Å². The van der Waals surface area contributed by atoms with Gasteiger partial charge in [-0.1, -0.05) is 0 Å². The van der Waals surface area contributed by atoms with Crippen LogP contribution in [0.4, 0.5) is 5.82 Å². The van der Waals surface area contributed by atoms with Crippen molar-refractivity contribution in [2.75, 3.05) is 11.4 Å². The second-order valence-corrected chi connectivity index (χ2v) is 5.36. The predicted molar refractivity (Wildman–Crippen MR) is 70.3 cm³/mol. The van der Waals surface area contributed by atoms with E-state index in [4.69, 9.17) is 0 Å². The van der Waals surface area contributed by atoms with Crippen molar-refractivity contribution < 1.29 is 0 Å². The summed E-state index contributed by atoms with van der Waals surface area (Å²) in [5.41, 5.74) is -0.113. The molecule has 0 radical (unpaired) electrons. The molecule has 0 aliphatic heterocycles. The summed E-state index contributed by atoms with van der Waals surface area (Å²) in [6.45, 7) is 9.21. The van der Waals surface area contributed by atoms with Crippen LogP contribution in [0, 0.1) is 3.57 Å². The molecule has 0 unspecified atom stereocenters. The van der Waals surface area contributed by atoms with Crippen LogP contribution in [0.2, 0.25) is 0 Å². The van der Waals surface area contributed by atoms with E-state index in [-0.39, 0.29) is 11.1 Å². The number of H-pyrrole nitrogens is 1. The third-order valence-electron chi connectivity index (χ3n) is 2.16. The summed E-state index contributed by atoms with van der Waals surface area (Å²) in [5, 5.41) is 0. The van der Waals surface area contributed by atoms with Crippen LogP contribution in [0.5, 0.6) is 0 Å².